The molecule has 0 amide bonds. The molecule has 0 aromatic heterocycles. The van der Waals surface area contributed by atoms with Gasteiger partial charge in [-0.15, -0.1) is 0 Å². The van der Waals surface area contributed by atoms with Gasteiger partial charge < -0.3 is 18.4 Å². The van der Waals surface area contributed by atoms with Crippen LogP contribution in [0, 0.1) is 0 Å². The molecule has 0 unspecified atom stereocenters. The van der Waals surface area contributed by atoms with Crippen LogP contribution < -0.4 is 0 Å². The van der Waals surface area contributed by atoms with Crippen molar-refractivity contribution < 1.29 is 28.0 Å². The molecule has 0 fully saturated rings. The third-order valence-electron chi connectivity index (χ3n) is 2.62. The molecule has 23 heavy (non-hydrogen) atoms. The quantitative estimate of drug-likeness (QED) is 0.326. The summed E-state index contributed by atoms with van der Waals surface area (Å²) in [5, 5.41) is 17.7. The van der Waals surface area contributed by atoms with Gasteiger partial charge in [-0.3, -0.25) is 4.79 Å². The minimum absolute atomic E-state index is 0.0621. The number of allylic oxidation sites excluding steroid dienone is 1. The van der Waals surface area contributed by atoms with E-state index in [-0.39, 0.29) is 5.57 Å². The Hall–Kier alpha value is -0.749. The third kappa shape index (κ3) is 13.4. The average Bonchev–Trinajstić information content (AvgIpc) is 2.27. The summed E-state index contributed by atoms with van der Waals surface area (Å²) in [5.74, 6) is -2.30. The Morgan fingerprint density at radius 1 is 1.00 bits per heavy atom. The van der Waals surface area contributed by atoms with Crippen LogP contribution in [-0.2, 0) is 17.8 Å². The summed E-state index contributed by atoms with van der Waals surface area (Å²) in [6.07, 6.45) is 2.34. The molecule has 0 spiro atoms. The predicted molar refractivity (Wildman–Crippen MR) is 98.0 cm³/mol. The molecule has 0 rings (SSSR count). The first kappa shape index (κ1) is 22.3. The highest BCUT2D eigenvalue weighted by atomic mass is 28.4. The van der Waals surface area contributed by atoms with Crippen molar-refractivity contribution in [2.75, 3.05) is 0 Å². The fraction of sp³-hybridized carbons (Fsp3) is 0.714. The van der Waals surface area contributed by atoms with Crippen LogP contribution >= 0.6 is 0 Å². The normalized spacial score (nSPS) is 13.4. The van der Waals surface area contributed by atoms with E-state index in [4.69, 9.17) is 18.4 Å². The molecule has 0 aromatic rings. The predicted octanol–water partition coefficient (Wildman–Crippen LogP) is 3.18. The van der Waals surface area contributed by atoms with Crippen molar-refractivity contribution in [3.05, 3.63) is 11.6 Å². The molecule has 0 atom stereocenters. The van der Waals surface area contributed by atoms with E-state index < -0.39 is 44.3 Å². The standard InChI is InChI=1S/C14H30O6Si3/c1-22(2,3)19-21(20-23(4,5)6)10-8-7-9-12(14(17)18)11-13(15)16/h9,21H,7-8,10-11H2,1-6H3,(H,15,16)(H,17,18). The number of rotatable bonds is 11. The fourth-order valence-corrected chi connectivity index (χ4v) is 10.3. The Kier molecular flexibility index (Phi) is 9.21. The maximum atomic E-state index is 11.0. The smallest absolute Gasteiger partial charge is 0.331 e. The summed E-state index contributed by atoms with van der Waals surface area (Å²) < 4.78 is 12.4. The van der Waals surface area contributed by atoms with Gasteiger partial charge in [-0.1, -0.05) is 6.08 Å². The van der Waals surface area contributed by atoms with Crippen LogP contribution in [0.3, 0.4) is 0 Å². The minimum Gasteiger partial charge on any atom is -0.481 e. The van der Waals surface area contributed by atoms with E-state index in [1.165, 1.54) is 6.08 Å². The molecule has 0 aliphatic heterocycles. The minimum atomic E-state index is -1.77. The van der Waals surface area contributed by atoms with Gasteiger partial charge in [0.05, 0.1) is 6.42 Å². The third-order valence-corrected chi connectivity index (χ3v) is 11.3. The second kappa shape index (κ2) is 9.52. The van der Waals surface area contributed by atoms with Gasteiger partial charge in [0.2, 0.25) is 0 Å². The zero-order valence-corrected chi connectivity index (χ0v) is 18.2. The summed E-state index contributed by atoms with van der Waals surface area (Å²) in [4.78, 5) is 21.6. The first-order valence-electron chi connectivity index (χ1n) is 7.80. The van der Waals surface area contributed by atoms with Crippen molar-refractivity contribution >= 4 is 37.9 Å². The topological polar surface area (TPSA) is 93.1 Å². The highest BCUT2D eigenvalue weighted by molar-refractivity contribution is 6.81. The van der Waals surface area contributed by atoms with Gasteiger partial charge in [0.1, 0.15) is 0 Å². The maximum absolute atomic E-state index is 11.0. The highest BCUT2D eigenvalue weighted by Crippen LogP contribution is 2.17. The van der Waals surface area contributed by atoms with Crippen LogP contribution in [0.4, 0.5) is 0 Å². The Bertz CT molecular complexity index is 421. The molecule has 0 bridgehead atoms. The van der Waals surface area contributed by atoms with E-state index in [2.05, 4.69) is 39.3 Å². The van der Waals surface area contributed by atoms with Crippen molar-refractivity contribution in [2.24, 2.45) is 0 Å². The lowest BCUT2D eigenvalue weighted by molar-refractivity contribution is -0.139. The molecular weight excluding hydrogens is 348 g/mol. The molecule has 0 saturated heterocycles. The molecule has 2 N–H and O–H groups in total. The van der Waals surface area contributed by atoms with Gasteiger partial charge in [-0.25, -0.2) is 4.79 Å². The number of hydrogen-bond acceptors (Lipinski definition) is 4. The van der Waals surface area contributed by atoms with Crippen molar-refractivity contribution in [3.63, 3.8) is 0 Å². The summed E-state index contributed by atoms with van der Waals surface area (Å²) in [5.41, 5.74) is -0.0621. The molecule has 134 valence electrons. The second-order valence-electron chi connectivity index (χ2n) is 7.43. The van der Waals surface area contributed by atoms with E-state index >= 15 is 0 Å². The maximum Gasteiger partial charge on any atom is 0.331 e. The zero-order valence-electron chi connectivity index (χ0n) is 15.0. The molecule has 9 heteroatoms. The van der Waals surface area contributed by atoms with Crippen LogP contribution in [0.2, 0.25) is 45.3 Å². The molecule has 0 saturated carbocycles. The lowest BCUT2D eigenvalue weighted by Gasteiger charge is -2.30. The number of carbonyl (C=O) groups is 2. The molecule has 0 aliphatic rings. The summed E-state index contributed by atoms with van der Waals surface area (Å²) in [6, 6.07) is 0.811. The largest absolute Gasteiger partial charge is 0.481 e. The van der Waals surface area contributed by atoms with Crippen LogP contribution in [-0.4, -0.2) is 48.1 Å². The molecular formula is C14H30O6Si3. The van der Waals surface area contributed by atoms with E-state index in [0.29, 0.717) is 6.42 Å². The number of aliphatic carboxylic acids is 2. The number of carboxylic acid groups (broad SMARTS) is 2. The van der Waals surface area contributed by atoms with Crippen molar-refractivity contribution in [3.8, 4) is 0 Å². The van der Waals surface area contributed by atoms with Gasteiger partial charge in [0, 0.05) is 5.57 Å². The van der Waals surface area contributed by atoms with Gasteiger partial charge in [-0.05, 0) is 58.2 Å². The van der Waals surface area contributed by atoms with Gasteiger partial charge in [0.25, 0.3) is 0 Å². The Balaban J connectivity index is 4.60. The van der Waals surface area contributed by atoms with E-state index in [0.717, 1.165) is 12.5 Å². The Morgan fingerprint density at radius 3 is 1.83 bits per heavy atom. The molecule has 6 nitrogen and oxygen atoms in total. The number of unbranched alkanes of at least 4 members (excludes halogenated alkanes) is 1. The highest BCUT2D eigenvalue weighted by Gasteiger charge is 2.28. The lowest BCUT2D eigenvalue weighted by atomic mass is 10.1. The second-order valence-corrected chi connectivity index (χ2v) is 19.2. The van der Waals surface area contributed by atoms with Crippen molar-refractivity contribution in [1.82, 2.24) is 0 Å². The SMILES string of the molecule is C[Si](C)(C)O[SiH](CCCC=C(CC(=O)O)C(=O)O)O[Si](C)(C)C. The van der Waals surface area contributed by atoms with Crippen LogP contribution in [0.15, 0.2) is 11.6 Å². The summed E-state index contributed by atoms with van der Waals surface area (Å²) in [7, 11) is -5.11. The van der Waals surface area contributed by atoms with Crippen molar-refractivity contribution in [1.29, 1.82) is 0 Å². The summed E-state index contributed by atoms with van der Waals surface area (Å²) in [6.45, 7) is 12.8. The van der Waals surface area contributed by atoms with Gasteiger partial charge >= 0.3 is 21.2 Å². The number of hydrogen-bond donors (Lipinski definition) is 2. The zero-order chi connectivity index (χ0) is 18.3. The van der Waals surface area contributed by atoms with Crippen LogP contribution in [0.5, 0.6) is 0 Å². The Labute approximate surface area is 142 Å². The fourth-order valence-electron chi connectivity index (χ4n) is 1.89. The molecule has 0 radical (unpaired) electrons. The lowest BCUT2D eigenvalue weighted by Crippen LogP contribution is -2.43. The average molecular weight is 379 g/mol. The van der Waals surface area contributed by atoms with Crippen LogP contribution in [0.25, 0.3) is 0 Å². The van der Waals surface area contributed by atoms with Gasteiger partial charge in [-0.2, -0.15) is 0 Å². The molecule has 0 aromatic carbocycles. The first-order valence-corrected chi connectivity index (χ1v) is 16.4. The monoisotopic (exact) mass is 378 g/mol. The van der Waals surface area contributed by atoms with E-state index in [9.17, 15) is 9.59 Å². The van der Waals surface area contributed by atoms with E-state index in [1.54, 1.807) is 0 Å². The van der Waals surface area contributed by atoms with Crippen molar-refractivity contribution in [2.45, 2.75) is 64.6 Å². The number of carboxylic acids is 2. The molecule has 0 heterocycles. The summed E-state index contributed by atoms with van der Waals surface area (Å²) >= 11 is 0. The molecule has 0 aliphatic carbocycles. The van der Waals surface area contributed by atoms with Gasteiger partial charge in [0.15, 0.2) is 16.6 Å². The Morgan fingerprint density at radius 2 is 1.48 bits per heavy atom. The van der Waals surface area contributed by atoms with Crippen LogP contribution in [0.1, 0.15) is 19.3 Å². The first-order chi connectivity index (χ1) is 10.3. The van der Waals surface area contributed by atoms with E-state index in [1.807, 2.05) is 0 Å².